The second kappa shape index (κ2) is 5.15. The molecule has 1 aromatic heterocycles. The summed E-state index contributed by atoms with van der Waals surface area (Å²) in [4.78, 5) is 0. The van der Waals surface area contributed by atoms with Crippen molar-refractivity contribution in [3.05, 3.63) is 53.3 Å². The Bertz CT molecular complexity index is 473. The molecular formula is C14H19N3. The molecule has 0 saturated heterocycles. The van der Waals surface area contributed by atoms with E-state index >= 15 is 0 Å². The minimum absolute atomic E-state index is 0.0569. The van der Waals surface area contributed by atoms with Gasteiger partial charge in [-0.15, -0.1) is 0 Å². The normalized spacial score (nSPS) is 12.6. The summed E-state index contributed by atoms with van der Waals surface area (Å²) in [6.07, 6.45) is 1.95. The van der Waals surface area contributed by atoms with Crippen LogP contribution in [0.5, 0.6) is 0 Å². The molecule has 1 unspecified atom stereocenters. The van der Waals surface area contributed by atoms with E-state index in [1.165, 1.54) is 5.56 Å². The minimum Gasteiger partial charge on any atom is -0.323 e. The second-order valence-electron chi connectivity index (χ2n) is 4.46. The Morgan fingerprint density at radius 2 is 2.00 bits per heavy atom. The van der Waals surface area contributed by atoms with Gasteiger partial charge in [-0.25, -0.2) is 0 Å². The molecule has 0 spiro atoms. The Balaban J connectivity index is 1.98. The summed E-state index contributed by atoms with van der Waals surface area (Å²) < 4.78 is 1.88. The number of hydrogen-bond donors (Lipinski definition) is 1. The highest BCUT2D eigenvalue weighted by Crippen LogP contribution is 2.17. The number of nitrogens with two attached hydrogens (primary N) is 1. The molecule has 3 heteroatoms. The van der Waals surface area contributed by atoms with Gasteiger partial charge in [0.05, 0.1) is 11.4 Å². The molecule has 2 aromatic rings. The van der Waals surface area contributed by atoms with E-state index in [0.29, 0.717) is 0 Å². The van der Waals surface area contributed by atoms with E-state index < -0.39 is 0 Å². The zero-order valence-electron chi connectivity index (χ0n) is 10.4. The molecule has 0 saturated carbocycles. The zero-order chi connectivity index (χ0) is 12.3. The van der Waals surface area contributed by atoms with Crippen molar-refractivity contribution in [3.63, 3.8) is 0 Å². The SMILES string of the molecule is Cc1cc(C(N)CCc2ccccc2)n(C)n1. The quantitative estimate of drug-likeness (QED) is 0.874. The summed E-state index contributed by atoms with van der Waals surface area (Å²) in [6, 6.07) is 12.6. The summed E-state index contributed by atoms with van der Waals surface area (Å²) >= 11 is 0. The van der Waals surface area contributed by atoms with Crippen molar-refractivity contribution in [2.24, 2.45) is 12.8 Å². The lowest BCUT2D eigenvalue weighted by atomic mass is 10.0. The first-order valence-corrected chi connectivity index (χ1v) is 5.97. The molecule has 0 aliphatic rings. The van der Waals surface area contributed by atoms with Gasteiger partial charge in [0.15, 0.2) is 0 Å². The van der Waals surface area contributed by atoms with Gasteiger partial charge in [-0.1, -0.05) is 30.3 Å². The van der Waals surface area contributed by atoms with Gasteiger partial charge in [0, 0.05) is 13.1 Å². The van der Waals surface area contributed by atoms with Crippen LogP contribution in [-0.4, -0.2) is 9.78 Å². The van der Waals surface area contributed by atoms with E-state index in [4.69, 9.17) is 5.73 Å². The Labute approximate surface area is 102 Å². The fourth-order valence-electron chi connectivity index (χ4n) is 2.09. The maximum atomic E-state index is 6.20. The topological polar surface area (TPSA) is 43.8 Å². The van der Waals surface area contributed by atoms with E-state index in [2.05, 4.69) is 35.4 Å². The van der Waals surface area contributed by atoms with E-state index in [1.54, 1.807) is 0 Å². The third-order valence-electron chi connectivity index (χ3n) is 3.00. The van der Waals surface area contributed by atoms with Gasteiger partial charge in [0.1, 0.15) is 0 Å². The molecule has 90 valence electrons. The summed E-state index contributed by atoms with van der Waals surface area (Å²) in [5, 5.41) is 4.32. The van der Waals surface area contributed by atoms with Crippen molar-refractivity contribution in [1.82, 2.24) is 9.78 Å². The highest BCUT2D eigenvalue weighted by molar-refractivity contribution is 5.17. The first kappa shape index (κ1) is 11.9. The molecule has 3 nitrogen and oxygen atoms in total. The van der Waals surface area contributed by atoms with Crippen LogP contribution in [0.2, 0.25) is 0 Å². The van der Waals surface area contributed by atoms with E-state index in [9.17, 15) is 0 Å². The Kier molecular flexibility index (Phi) is 3.59. The Morgan fingerprint density at radius 3 is 2.59 bits per heavy atom. The number of nitrogens with zero attached hydrogens (tertiary/aromatic N) is 2. The number of hydrogen-bond acceptors (Lipinski definition) is 2. The van der Waals surface area contributed by atoms with Gasteiger partial charge in [-0.05, 0) is 31.4 Å². The van der Waals surface area contributed by atoms with Crippen LogP contribution < -0.4 is 5.73 Å². The molecule has 0 fully saturated rings. The third kappa shape index (κ3) is 2.94. The molecule has 17 heavy (non-hydrogen) atoms. The maximum Gasteiger partial charge on any atom is 0.0597 e. The molecule has 0 aliphatic heterocycles. The predicted molar refractivity (Wildman–Crippen MR) is 69.6 cm³/mol. The van der Waals surface area contributed by atoms with Crippen molar-refractivity contribution in [1.29, 1.82) is 0 Å². The molecule has 0 amide bonds. The van der Waals surface area contributed by atoms with Gasteiger partial charge in [0.2, 0.25) is 0 Å². The molecule has 1 aromatic carbocycles. The lowest BCUT2D eigenvalue weighted by Gasteiger charge is -2.11. The largest absolute Gasteiger partial charge is 0.323 e. The van der Waals surface area contributed by atoms with Gasteiger partial charge in [-0.3, -0.25) is 4.68 Å². The van der Waals surface area contributed by atoms with E-state index in [0.717, 1.165) is 24.2 Å². The van der Waals surface area contributed by atoms with Crippen LogP contribution in [0.3, 0.4) is 0 Å². The molecule has 1 heterocycles. The highest BCUT2D eigenvalue weighted by atomic mass is 15.3. The fourth-order valence-corrected chi connectivity index (χ4v) is 2.09. The number of rotatable bonds is 4. The van der Waals surface area contributed by atoms with Crippen LogP contribution in [-0.2, 0) is 13.5 Å². The van der Waals surface area contributed by atoms with Crippen LogP contribution in [0, 0.1) is 6.92 Å². The first-order chi connectivity index (χ1) is 8.16. The standard InChI is InChI=1S/C14H19N3/c1-11-10-14(17(2)16-11)13(15)9-8-12-6-4-3-5-7-12/h3-7,10,13H,8-9,15H2,1-2H3. The average Bonchev–Trinajstić information content (AvgIpc) is 2.67. The van der Waals surface area contributed by atoms with Crippen molar-refractivity contribution in [2.45, 2.75) is 25.8 Å². The monoisotopic (exact) mass is 229 g/mol. The van der Waals surface area contributed by atoms with E-state index in [-0.39, 0.29) is 6.04 Å². The fraction of sp³-hybridized carbons (Fsp3) is 0.357. The predicted octanol–water partition coefficient (Wildman–Crippen LogP) is 2.36. The van der Waals surface area contributed by atoms with Crippen molar-refractivity contribution in [2.75, 3.05) is 0 Å². The number of aromatic nitrogens is 2. The summed E-state index contributed by atoms with van der Waals surface area (Å²) in [7, 11) is 1.95. The smallest absolute Gasteiger partial charge is 0.0597 e. The summed E-state index contributed by atoms with van der Waals surface area (Å²) in [5.41, 5.74) is 9.67. The summed E-state index contributed by atoms with van der Waals surface area (Å²) in [5.74, 6) is 0. The summed E-state index contributed by atoms with van der Waals surface area (Å²) in [6.45, 7) is 1.99. The third-order valence-corrected chi connectivity index (χ3v) is 3.00. The molecular weight excluding hydrogens is 210 g/mol. The molecule has 1 atom stereocenters. The van der Waals surface area contributed by atoms with Crippen molar-refractivity contribution < 1.29 is 0 Å². The maximum absolute atomic E-state index is 6.20. The van der Waals surface area contributed by atoms with Crippen LogP contribution in [0.15, 0.2) is 36.4 Å². The van der Waals surface area contributed by atoms with Gasteiger partial charge >= 0.3 is 0 Å². The van der Waals surface area contributed by atoms with Crippen LogP contribution in [0.1, 0.15) is 29.4 Å². The Hall–Kier alpha value is -1.61. The van der Waals surface area contributed by atoms with E-state index in [1.807, 2.05) is 24.7 Å². The van der Waals surface area contributed by atoms with Crippen LogP contribution in [0.25, 0.3) is 0 Å². The molecule has 0 aliphatic carbocycles. The second-order valence-corrected chi connectivity index (χ2v) is 4.46. The zero-order valence-corrected chi connectivity index (χ0v) is 10.4. The minimum atomic E-state index is 0.0569. The highest BCUT2D eigenvalue weighted by Gasteiger charge is 2.11. The molecule has 0 bridgehead atoms. The van der Waals surface area contributed by atoms with Crippen molar-refractivity contribution >= 4 is 0 Å². The lowest BCUT2D eigenvalue weighted by molar-refractivity contribution is 0.581. The van der Waals surface area contributed by atoms with Crippen LogP contribution >= 0.6 is 0 Å². The average molecular weight is 229 g/mol. The van der Waals surface area contributed by atoms with Gasteiger partial charge in [0.25, 0.3) is 0 Å². The van der Waals surface area contributed by atoms with Gasteiger partial charge in [-0.2, -0.15) is 5.10 Å². The lowest BCUT2D eigenvalue weighted by Crippen LogP contribution is -2.15. The van der Waals surface area contributed by atoms with Crippen LogP contribution in [0.4, 0.5) is 0 Å². The molecule has 2 N–H and O–H groups in total. The van der Waals surface area contributed by atoms with Gasteiger partial charge < -0.3 is 5.73 Å². The number of aryl methyl sites for hydroxylation is 3. The first-order valence-electron chi connectivity index (χ1n) is 5.97. The molecule has 2 rings (SSSR count). The Morgan fingerprint density at radius 1 is 1.29 bits per heavy atom. The van der Waals surface area contributed by atoms with Crippen molar-refractivity contribution in [3.8, 4) is 0 Å². The molecule has 0 radical (unpaired) electrons. The number of benzene rings is 1.